The van der Waals surface area contributed by atoms with Crippen LogP contribution in [0.4, 0.5) is 32.8 Å². The summed E-state index contributed by atoms with van der Waals surface area (Å²) in [6.07, 6.45) is 1.81. The standard InChI is InChI=1S/C52H57ClFN7O7S2/c1-34(2)60-35(3)49(52(63)64)50(51(60)36-9-11-38(53)12-10-36)37-29-39(54)31-43(30-37)59-27-25-58(26-28-59)42-15-13-40(14-16-42)56-70(67,68)46-17-18-47(48(32-46)61(65)66)55-41(33-69-45-7-5-4-6-8-45)19-22-57-23-20-44(62)21-24-57/h4-18,29-32,34,41,44,55-56,62H,19-28,33H2,1-3H3,(H,63,64)/t41-/m1/s1. The number of nitrogens with one attached hydrogen (secondary N) is 2. The van der Waals surface area contributed by atoms with Gasteiger partial charge in [0.2, 0.25) is 0 Å². The summed E-state index contributed by atoms with van der Waals surface area (Å²) in [7, 11) is -4.23. The van der Waals surface area contributed by atoms with E-state index in [1.807, 2.05) is 66.9 Å². The molecule has 368 valence electrons. The summed E-state index contributed by atoms with van der Waals surface area (Å²) >= 11 is 7.87. The number of halogens is 2. The van der Waals surface area contributed by atoms with Gasteiger partial charge in [0.1, 0.15) is 11.5 Å². The minimum absolute atomic E-state index is 0.0932. The SMILES string of the molecule is Cc1c(C(=O)O)c(-c2cc(F)cc(N3CCN(c4ccc(NS(=O)(=O)c5ccc(N[C@H](CCN6CCC(O)CC6)CSc6ccccc6)c([N+](=O)[O-])c5)cc4)CC3)c2)c(-c2ccc(Cl)cc2)n1C(C)C. The number of nitro groups is 1. The number of sulfonamides is 1. The molecule has 3 heterocycles. The van der Waals surface area contributed by atoms with Crippen LogP contribution in [-0.4, -0.2) is 103 Å². The number of aliphatic hydroxyl groups excluding tert-OH is 1. The van der Waals surface area contributed by atoms with E-state index in [-0.39, 0.29) is 45.7 Å². The van der Waals surface area contributed by atoms with Crippen LogP contribution >= 0.6 is 23.4 Å². The Morgan fingerprint density at radius 3 is 2.16 bits per heavy atom. The zero-order valence-electron chi connectivity index (χ0n) is 39.2. The van der Waals surface area contributed by atoms with Crippen molar-refractivity contribution in [2.45, 2.75) is 68.0 Å². The second-order valence-corrected chi connectivity index (χ2v) is 21.3. The Bertz CT molecular complexity index is 2930. The molecule has 70 heavy (non-hydrogen) atoms. The van der Waals surface area contributed by atoms with E-state index in [4.69, 9.17) is 11.6 Å². The maximum Gasteiger partial charge on any atom is 0.338 e. The van der Waals surface area contributed by atoms with E-state index in [0.717, 1.165) is 41.8 Å². The van der Waals surface area contributed by atoms with Crippen molar-refractivity contribution < 1.29 is 32.7 Å². The summed E-state index contributed by atoms with van der Waals surface area (Å²) in [5.41, 5.74) is 4.60. The van der Waals surface area contributed by atoms with Crippen molar-refractivity contribution >= 4 is 67.8 Å². The number of piperazine rings is 1. The fraction of sp³-hybridized carbons (Fsp3) is 0.327. The molecular weight excluding hydrogens is 953 g/mol. The van der Waals surface area contributed by atoms with Crippen LogP contribution in [0.25, 0.3) is 22.4 Å². The fourth-order valence-corrected chi connectivity index (χ4v) is 11.6. The number of aromatic carboxylic acids is 1. The molecule has 0 spiro atoms. The van der Waals surface area contributed by atoms with Crippen molar-refractivity contribution in [1.82, 2.24) is 9.47 Å². The highest BCUT2D eigenvalue weighted by molar-refractivity contribution is 7.99. The summed E-state index contributed by atoms with van der Waals surface area (Å²) in [5, 5.41) is 36.8. The summed E-state index contributed by atoms with van der Waals surface area (Å²) in [5.74, 6) is -0.975. The number of aliphatic hydroxyl groups is 1. The molecule has 14 nitrogen and oxygen atoms in total. The van der Waals surface area contributed by atoms with E-state index in [9.17, 15) is 33.5 Å². The number of likely N-dealkylation sites (tertiary alicyclic amines) is 1. The molecule has 0 radical (unpaired) electrons. The van der Waals surface area contributed by atoms with Crippen LogP contribution in [0, 0.1) is 22.9 Å². The smallest absolute Gasteiger partial charge is 0.338 e. The number of anilines is 4. The van der Waals surface area contributed by atoms with Crippen LogP contribution < -0.4 is 19.8 Å². The second kappa shape index (κ2) is 21.9. The van der Waals surface area contributed by atoms with Crippen LogP contribution in [0.15, 0.2) is 125 Å². The summed E-state index contributed by atoms with van der Waals surface area (Å²) < 4.78 is 47.6. The molecule has 2 aliphatic rings. The van der Waals surface area contributed by atoms with Gasteiger partial charge in [-0.2, -0.15) is 0 Å². The van der Waals surface area contributed by atoms with Gasteiger partial charge in [0.25, 0.3) is 15.7 Å². The van der Waals surface area contributed by atoms with Crippen LogP contribution in [0.5, 0.6) is 0 Å². The average molecular weight is 1010 g/mol. The molecule has 1 atom stereocenters. The molecule has 5 aromatic carbocycles. The summed E-state index contributed by atoms with van der Waals surface area (Å²) in [6, 6.07) is 32.3. The average Bonchev–Trinajstić information content (AvgIpc) is 3.66. The number of benzene rings is 5. The molecule has 4 N–H and O–H groups in total. The van der Waals surface area contributed by atoms with Gasteiger partial charge < -0.3 is 34.8 Å². The van der Waals surface area contributed by atoms with Crippen LogP contribution in [-0.2, 0) is 10.0 Å². The summed E-state index contributed by atoms with van der Waals surface area (Å²) in [4.78, 5) is 32.0. The molecule has 1 aromatic heterocycles. The van der Waals surface area contributed by atoms with E-state index < -0.39 is 26.7 Å². The third-order valence-electron chi connectivity index (χ3n) is 13.0. The van der Waals surface area contributed by atoms with E-state index in [1.54, 1.807) is 55.1 Å². The van der Waals surface area contributed by atoms with Gasteiger partial charge in [0.05, 0.1) is 27.2 Å². The quantitative estimate of drug-likeness (QED) is 0.0365. The van der Waals surface area contributed by atoms with Gasteiger partial charge >= 0.3 is 5.97 Å². The maximum atomic E-state index is 15.6. The first-order valence-corrected chi connectivity index (χ1v) is 26.2. The van der Waals surface area contributed by atoms with Gasteiger partial charge in [-0.15, -0.1) is 11.8 Å². The van der Waals surface area contributed by atoms with Gasteiger partial charge in [0, 0.05) is 108 Å². The van der Waals surface area contributed by atoms with E-state index in [2.05, 4.69) is 24.7 Å². The molecule has 0 bridgehead atoms. The number of nitrogens with zero attached hydrogens (tertiary/aromatic N) is 5. The molecule has 2 fully saturated rings. The highest BCUT2D eigenvalue weighted by atomic mass is 35.5. The zero-order valence-corrected chi connectivity index (χ0v) is 41.6. The lowest BCUT2D eigenvalue weighted by Gasteiger charge is -2.37. The number of thioether (sulfide) groups is 1. The first-order valence-electron chi connectivity index (χ1n) is 23.4. The van der Waals surface area contributed by atoms with E-state index >= 15 is 4.39 Å². The lowest BCUT2D eigenvalue weighted by Crippen LogP contribution is -2.46. The number of rotatable bonds is 18. The highest BCUT2D eigenvalue weighted by Gasteiger charge is 2.30. The predicted octanol–water partition coefficient (Wildman–Crippen LogP) is 10.7. The van der Waals surface area contributed by atoms with Crippen molar-refractivity contribution in [3.05, 3.63) is 147 Å². The molecule has 2 saturated heterocycles. The second-order valence-electron chi connectivity index (χ2n) is 18.0. The Morgan fingerprint density at radius 1 is 0.871 bits per heavy atom. The highest BCUT2D eigenvalue weighted by Crippen LogP contribution is 2.43. The Labute approximate surface area is 417 Å². The molecule has 0 amide bonds. The van der Waals surface area contributed by atoms with E-state index in [1.165, 1.54) is 24.3 Å². The van der Waals surface area contributed by atoms with Crippen molar-refractivity contribution in [1.29, 1.82) is 0 Å². The monoisotopic (exact) mass is 1010 g/mol. The van der Waals surface area contributed by atoms with Gasteiger partial charge in [-0.25, -0.2) is 17.6 Å². The minimum atomic E-state index is -4.23. The fourth-order valence-electron chi connectivity index (χ4n) is 9.43. The third-order valence-corrected chi connectivity index (χ3v) is 15.8. The maximum absolute atomic E-state index is 15.6. The topological polar surface area (TPSA) is 174 Å². The van der Waals surface area contributed by atoms with Gasteiger partial charge in [-0.05, 0) is 130 Å². The number of carboxylic acids is 1. The molecule has 18 heteroatoms. The van der Waals surface area contributed by atoms with Crippen LogP contribution in [0.3, 0.4) is 0 Å². The Kier molecular flexibility index (Phi) is 15.7. The van der Waals surface area contributed by atoms with Crippen LogP contribution in [0.1, 0.15) is 55.2 Å². The van der Waals surface area contributed by atoms with Crippen molar-refractivity contribution in [3.63, 3.8) is 0 Å². The van der Waals surface area contributed by atoms with Crippen molar-refractivity contribution in [3.8, 4) is 22.4 Å². The van der Waals surface area contributed by atoms with E-state index in [0.29, 0.717) is 84.4 Å². The molecule has 0 unspecified atom stereocenters. The van der Waals surface area contributed by atoms with Gasteiger partial charge in [-0.3, -0.25) is 14.8 Å². The summed E-state index contributed by atoms with van der Waals surface area (Å²) in [6.45, 7) is 10.2. The number of carboxylic acid groups (broad SMARTS) is 1. The number of carbonyl (C=O) groups is 1. The molecule has 2 aliphatic heterocycles. The number of hydrogen-bond acceptors (Lipinski definition) is 11. The largest absolute Gasteiger partial charge is 0.478 e. The predicted molar refractivity (Wildman–Crippen MR) is 278 cm³/mol. The molecule has 0 saturated carbocycles. The molecule has 8 rings (SSSR count). The minimum Gasteiger partial charge on any atom is -0.478 e. The first kappa shape index (κ1) is 50.3. The van der Waals surface area contributed by atoms with Gasteiger partial charge in [-0.1, -0.05) is 41.9 Å². The Balaban J connectivity index is 0.939. The molecule has 0 aliphatic carbocycles. The van der Waals surface area contributed by atoms with Gasteiger partial charge in [0.15, 0.2) is 0 Å². The normalized spacial score (nSPS) is 15.3. The molecular formula is C52H57ClFN7O7S2. The number of nitro benzene ring substituents is 1. The Hall–Kier alpha value is -6.11. The van der Waals surface area contributed by atoms with Crippen LogP contribution in [0.2, 0.25) is 5.02 Å². The van der Waals surface area contributed by atoms with Crippen molar-refractivity contribution in [2.24, 2.45) is 0 Å². The lowest BCUT2D eigenvalue weighted by atomic mass is 9.96. The molecule has 6 aromatic rings. The first-order chi connectivity index (χ1) is 33.5. The zero-order chi connectivity index (χ0) is 49.7. The lowest BCUT2D eigenvalue weighted by molar-refractivity contribution is -0.384. The van der Waals surface area contributed by atoms with Crippen molar-refractivity contribution in [2.75, 3.05) is 71.4 Å². The number of piperidine rings is 1. The Morgan fingerprint density at radius 2 is 1.53 bits per heavy atom. The number of aromatic nitrogens is 1. The number of hydrogen-bond donors (Lipinski definition) is 4. The third kappa shape index (κ3) is 11.7.